The van der Waals surface area contributed by atoms with Crippen LogP contribution < -0.4 is 19.7 Å². The summed E-state index contributed by atoms with van der Waals surface area (Å²) in [6, 6.07) is 19.9. The third kappa shape index (κ3) is 6.08. The van der Waals surface area contributed by atoms with Crippen LogP contribution in [0.15, 0.2) is 66.9 Å². The molecular weight excluding hydrogens is 408 g/mol. The van der Waals surface area contributed by atoms with Crippen LogP contribution in [-0.4, -0.2) is 43.3 Å². The number of rotatable bonds is 8. The normalized spacial score (nSPS) is 10.3. The number of nitrogens with one attached hydrogen (secondary N) is 1. The van der Waals surface area contributed by atoms with Crippen LogP contribution >= 0.6 is 12.2 Å². The van der Waals surface area contributed by atoms with Gasteiger partial charge in [0.2, 0.25) is 0 Å². The fourth-order valence-corrected chi connectivity index (χ4v) is 3.34. The molecule has 1 N–H and O–H groups in total. The summed E-state index contributed by atoms with van der Waals surface area (Å²) in [7, 11) is 7.32. The molecule has 2 aromatic carbocycles. The first kappa shape index (κ1) is 22.4. The number of hydrogen-bond acceptors (Lipinski definition) is 5. The number of methoxy groups -OCH3 is 2. The summed E-state index contributed by atoms with van der Waals surface area (Å²) in [6.45, 7) is 1.23. The number of pyridine rings is 1. The molecule has 0 aliphatic carbocycles. The van der Waals surface area contributed by atoms with E-state index in [1.165, 1.54) is 0 Å². The van der Waals surface area contributed by atoms with E-state index in [9.17, 15) is 0 Å². The summed E-state index contributed by atoms with van der Waals surface area (Å²) in [6.07, 6.45) is 1.79. The molecule has 0 radical (unpaired) electrons. The maximum atomic E-state index is 5.78. The van der Waals surface area contributed by atoms with Gasteiger partial charge in [0.05, 0.1) is 32.1 Å². The molecule has 162 valence electrons. The van der Waals surface area contributed by atoms with Crippen molar-refractivity contribution in [3.8, 4) is 11.5 Å². The Balaban J connectivity index is 1.82. The Labute approximate surface area is 189 Å². The summed E-state index contributed by atoms with van der Waals surface area (Å²) in [5.41, 5.74) is 4.04. The van der Waals surface area contributed by atoms with Gasteiger partial charge in [-0.05, 0) is 54.2 Å². The van der Waals surface area contributed by atoms with Crippen molar-refractivity contribution in [1.29, 1.82) is 0 Å². The van der Waals surface area contributed by atoms with Crippen LogP contribution in [-0.2, 0) is 13.1 Å². The standard InChI is InChI=1S/C24H28N4O2S/c1-27(2)20-10-8-18(9-11-20)16-28(17-19-7-5-6-14-25-19)24(31)26-22-13-12-21(29-3)15-23(22)30-4/h5-15H,16-17H2,1-4H3,(H,26,31). The van der Waals surface area contributed by atoms with Gasteiger partial charge in [0.1, 0.15) is 11.5 Å². The molecule has 0 saturated heterocycles. The number of thiocarbonyl (C=S) groups is 1. The SMILES string of the molecule is COc1ccc(NC(=S)N(Cc2ccc(N(C)C)cc2)Cc2ccccn2)c(OC)c1. The lowest BCUT2D eigenvalue weighted by atomic mass is 10.2. The molecule has 0 fully saturated rings. The number of benzene rings is 2. The Bertz CT molecular complexity index is 994. The van der Waals surface area contributed by atoms with Gasteiger partial charge in [0.25, 0.3) is 0 Å². The van der Waals surface area contributed by atoms with Crippen LogP contribution in [0.1, 0.15) is 11.3 Å². The highest BCUT2D eigenvalue weighted by molar-refractivity contribution is 7.80. The molecule has 0 atom stereocenters. The molecule has 0 aliphatic heterocycles. The van der Waals surface area contributed by atoms with E-state index in [4.69, 9.17) is 21.7 Å². The Morgan fingerprint density at radius 1 is 0.968 bits per heavy atom. The van der Waals surface area contributed by atoms with E-state index in [0.717, 1.165) is 28.4 Å². The molecule has 6 nitrogen and oxygen atoms in total. The van der Waals surface area contributed by atoms with Crippen molar-refractivity contribution in [3.63, 3.8) is 0 Å². The van der Waals surface area contributed by atoms with E-state index in [2.05, 4.69) is 44.4 Å². The zero-order valence-corrected chi connectivity index (χ0v) is 19.1. The maximum Gasteiger partial charge on any atom is 0.174 e. The van der Waals surface area contributed by atoms with E-state index in [-0.39, 0.29) is 0 Å². The van der Waals surface area contributed by atoms with E-state index in [1.807, 2.05) is 50.5 Å². The van der Waals surface area contributed by atoms with Crippen LogP contribution in [0.3, 0.4) is 0 Å². The van der Waals surface area contributed by atoms with Crippen molar-refractivity contribution in [2.24, 2.45) is 0 Å². The number of anilines is 2. The van der Waals surface area contributed by atoms with Gasteiger partial charge in [-0.3, -0.25) is 4.98 Å². The van der Waals surface area contributed by atoms with Crippen LogP contribution in [0.5, 0.6) is 11.5 Å². The highest BCUT2D eigenvalue weighted by atomic mass is 32.1. The Kier molecular flexibility index (Phi) is 7.67. The predicted molar refractivity (Wildman–Crippen MR) is 130 cm³/mol. The van der Waals surface area contributed by atoms with Gasteiger partial charge in [0.15, 0.2) is 5.11 Å². The van der Waals surface area contributed by atoms with Crippen molar-refractivity contribution in [3.05, 3.63) is 78.1 Å². The van der Waals surface area contributed by atoms with Gasteiger partial charge < -0.3 is 24.6 Å². The zero-order valence-electron chi connectivity index (χ0n) is 18.3. The minimum atomic E-state index is 0.584. The molecule has 0 unspecified atom stereocenters. The first-order valence-electron chi connectivity index (χ1n) is 9.94. The van der Waals surface area contributed by atoms with Crippen LogP contribution in [0.4, 0.5) is 11.4 Å². The van der Waals surface area contributed by atoms with E-state index < -0.39 is 0 Å². The molecule has 3 aromatic rings. The molecule has 7 heteroatoms. The highest BCUT2D eigenvalue weighted by Gasteiger charge is 2.15. The Morgan fingerprint density at radius 2 is 1.74 bits per heavy atom. The molecule has 1 heterocycles. The molecule has 0 bridgehead atoms. The number of hydrogen-bond donors (Lipinski definition) is 1. The Morgan fingerprint density at radius 3 is 2.35 bits per heavy atom. The van der Waals surface area contributed by atoms with Gasteiger partial charge in [-0.2, -0.15) is 0 Å². The number of ether oxygens (including phenoxy) is 2. The van der Waals surface area contributed by atoms with Crippen molar-refractivity contribution in [1.82, 2.24) is 9.88 Å². The number of aromatic nitrogens is 1. The summed E-state index contributed by atoms with van der Waals surface area (Å²) >= 11 is 5.78. The minimum absolute atomic E-state index is 0.584. The highest BCUT2D eigenvalue weighted by Crippen LogP contribution is 2.29. The topological polar surface area (TPSA) is 49.9 Å². The molecule has 0 saturated carbocycles. The average molecular weight is 437 g/mol. The summed E-state index contributed by atoms with van der Waals surface area (Å²) in [4.78, 5) is 8.64. The minimum Gasteiger partial charge on any atom is -0.497 e. The summed E-state index contributed by atoms with van der Waals surface area (Å²) < 4.78 is 10.8. The van der Waals surface area contributed by atoms with Gasteiger partial charge in [-0.15, -0.1) is 0 Å². The van der Waals surface area contributed by atoms with E-state index in [1.54, 1.807) is 20.4 Å². The van der Waals surface area contributed by atoms with Crippen molar-refractivity contribution < 1.29 is 9.47 Å². The van der Waals surface area contributed by atoms with Crippen LogP contribution in [0.2, 0.25) is 0 Å². The summed E-state index contributed by atoms with van der Waals surface area (Å²) in [5, 5.41) is 3.91. The second kappa shape index (κ2) is 10.6. The first-order chi connectivity index (χ1) is 15.0. The molecule has 0 amide bonds. The third-order valence-corrected chi connectivity index (χ3v) is 5.20. The second-order valence-corrected chi connectivity index (χ2v) is 7.62. The van der Waals surface area contributed by atoms with Crippen molar-refractivity contribution in [2.75, 3.05) is 38.5 Å². The lowest BCUT2D eigenvalue weighted by Gasteiger charge is -2.26. The summed E-state index contributed by atoms with van der Waals surface area (Å²) in [5.74, 6) is 1.38. The first-order valence-corrected chi connectivity index (χ1v) is 10.3. The van der Waals surface area contributed by atoms with E-state index in [0.29, 0.717) is 24.0 Å². The van der Waals surface area contributed by atoms with Gasteiger partial charge >= 0.3 is 0 Å². The van der Waals surface area contributed by atoms with Crippen LogP contribution in [0, 0.1) is 0 Å². The monoisotopic (exact) mass is 436 g/mol. The molecule has 31 heavy (non-hydrogen) atoms. The fraction of sp³-hybridized carbons (Fsp3) is 0.250. The molecule has 0 aliphatic rings. The lowest BCUT2D eigenvalue weighted by Crippen LogP contribution is -2.34. The lowest BCUT2D eigenvalue weighted by molar-refractivity contribution is 0.394. The van der Waals surface area contributed by atoms with Gasteiger partial charge in [-0.25, -0.2) is 0 Å². The third-order valence-electron chi connectivity index (χ3n) is 4.84. The number of nitrogens with zero attached hydrogens (tertiary/aromatic N) is 3. The van der Waals surface area contributed by atoms with Crippen LogP contribution in [0.25, 0.3) is 0 Å². The fourth-order valence-electron chi connectivity index (χ4n) is 3.10. The molecular formula is C24H28N4O2S. The smallest absolute Gasteiger partial charge is 0.174 e. The van der Waals surface area contributed by atoms with Gasteiger partial charge in [0, 0.05) is 38.6 Å². The second-order valence-electron chi connectivity index (χ2n) is 7.23. The maximum absolute atomic E-state index is 5.78. The molecule has 0 spiro atoms. The van der Waals surface area contributed by atoms with Crippen molar-refractivity contribution in [2.45, 2.75) is 13.1 Å². The van der Waals surface area contributed by atoms with E-state index >= 15 is 0 Å². The largest absolute Gasteiger partial charge is 0.497 e. The quantitative estimate of drug-likeness (QED) is 0.519. The molecule has 3 rings (SSSR count). The van der Waals surface area contributed by atoms with Gasteiger partial charge in [-0.1, -0.05) is 18.2 Å². The van der Waals surface area contributed by atoms with Crippen molar-refractivity contribution >= 4 is 28.7 Å². The predicted octanol–water partition coefficient (Wildman–Crippen LogP) is 4.56. The zero-order chi connectivity index (χ0) is 22.2. The average Bonchev–Trinajstić information content (AvgIpc) is 2.80. The Hall–Kier alpha value is -3.32. The molecule has 1 aromatic heterocycles.